The number of ether oxygens (including phenoxy) is 1. The number of aryl methyl sites for hydroxylation is 1. The highest BCUT2D eigenvalue weighted by atomic mass is 16.5. The maximum atomic E-state index is 13.0. The molecule has 1 aliphatic rings. The fourth-order valence-corrected chi connectivity index (χ4v) is 3.01. The summed E-state index contributed by atoms with van der Waals surface area (Å²) in [6.45, 7) is 4.10. The summed E-state index contributed by atoms with van der Waals surface area (Å²) in [7, 11) is 1.66. The van der Waals surface area contributed by atoms with Crippen molar-refractivity contribution in [3.8, 4) is 5.75 Å². The molecule has 1 aromatic carbocycles. The predicted molar refractivity (Wildman–Crippen MR) is 88.6 cm³/mol. The van der Waals surface area contributed by atoms with Crippen LogP contribution in [0.1, 0.15) is 27.5 Å². The number of carbonyl (C=O) groups is 1. The lowest BCUT2D eigenvalue weighted by atomic mass is 10.0. The van der Waals surface area contributed by atoms with Gasteiger partial charge in [-0.05, 0) is 24.6 Å². The van der Waals surface area contributed by atoms with Gasteiger partial charge in [0.2, 0.25) is 0 Å². The summed E-state index contributed by atoms with van der Waals surface area (Å²) in [5, 5.41) is 3.37. The number of nitrogens with one attached hydrogen (secondary N) is 1. The van der Waals surface area contributed by atoms with E-state index >= 15 is 0 Å². The van der Waals surface area contributed by atoms with Gasteiger partial charge in [-0.2, -0.15) is 0 Å². The molecular formula is C18H21N3O2. The maximum Gasteiger partial charge on any atom is 0.256 e. The zero-order chi connectivity index (χ0) is 16.2. The van der Waals surface area contributed by atoms with Crippen LogP contribution in [-0.4, -0.2) is 42.5 Å². The SMILES string of the molecule is COc1ccccc1C1CNCCN1C(=O)c1cnccc1C. The summed E-state index contributed by atoms with van der Waals surface area (Å²) < 4.78 is 5.48. The van der Waals surface area contributed by atoms with E-state index in [1.165, 1.54) is 0 Å². The number of benzene rings is 1. The summed E-state index contributed by atoms with van der Waals surface area (Å²) in [6, 6.07) is 9.69. The zero-order valence-corrected chi connectivity index (χ0v) is 13.5. The molecule has 5 heteroatoms. The minimum Gasteiger partial charge on any atom is -0.496 e. The van der Waals surface area contributed by atoms with Crippen molar-refractivity contribution < 1.29 is 9.53 Å². The van der Waals surface area contributed by atoms with Crippen LogP contribution < -0.4 is 10.1 Å². The van der Waals surface area contributed by atoms with Crippen molar-refractivity contribution in [2.75, 3.05) is 26.7 Å². The summed E-state index contributed by atoms with van der Waals surface area (Å²) in [5.74, 6) is 0.829. The van der Waals surface area contributed by atoms with Crippen molar-refractivity contribution in [1.82, 2.24) is 15.2 Å². The second-order valence-electron chi connectivity index (χ2n) is 5.65. The van der Waals surface area contributed by atoms with E-state index in [-0.39, 0.29) is 11.9 Å². The van der Waals surface area contributed by atoms with Crippen LogP contribution in [0, 0.1) is 6.92 Å². The normalized spacial score (nSPS) is 17.8. The van der Waals surface area contributed by atoms with Crippen molar-refractivity contribution in [3.63, 3.8) is 0 Å². The first-order valence-corrected chi connectivity index (χ1v) is 7.77. The number of pyridine rings is 1. The van der Waals surface area contributed by atoms with Crippen LogP contribution >= 0.6 is 0 Å². The lowest BCUT2D eigenvalue weighted by molar-refractivity contribution is 0.0630. The Morgan fingerprint density at radius 2 is 2.17 bits per heavy atom. The molecule has 0 saturated carbocycles. The van der Waals surface area contributed by atoms with E-state index in [1.807, 2.05) is 42.2 Å². The van der Waals surface area contributed by atoms with Crippen LogP contribution in [0.15, 0.2) is 42.7 Å². The van der Waals surface area contributed by atoms with E-state index < -0.39 is 0 Å². The molecule has 1 amide bonds. The number of nitrogens with zero attached hydrogens (tertiary/aromatic N) is 2. The lowest BCUT2D eigenvalue weighted by Gasteiger charge is -2.37. The Morgan fingerprint density at radius 1 is 1.35 bits per heavy atom. The third-order valence-corrected chi connectivity index (χ3v) is 4.27. The number of hydrogen-bond donors (Lipinski definition) is 1. The second-order valence-corrected chi connectivity index (χ2v) is 5.65. The average Bonchev–Trinajstić information content (AvgIpc) is 2.61. The Hall–Kier alpha value is -2.40. The van der Waals surface area contributed by atoms with Gasteiger partial charge in [0.25, 0.3) is 5.91 Å². The van der Waals surface area contributed by atoms with E-state index in [0.29, 0.717) is 18.7 Å². The number of amides is 1. The van der Waals surface area contributed by atoms with Crippen molar-refractivity contribution in [2.24, 2.45) is 0 Å². The van der Waals surface area contributed by atoms with E-state index in [0.717, 1.165) is 23.4 Å². The first kappa shape index (κ1) is 15.5. The largest absolute Gasteiger partial charge is 0.496 e. The summed E-state index contributed by atoms with van der Waals surface area (Å²) >= 11 is 0. The number of rotatable bonds is 3. The van der Waals surface area contributed by atoms with Gasteiger partial charge in [-0.15, -0.1) is 0 Å². The Kier molecular flexibility index (Phi) is 4.57. The van der Waals surface area contributed by atoms with Crippen LogP contribution in [0.4, 0.5) is 0 Å². The summed E-state index contributed by atoms with van der Waals surface area (Å²) in [5.41, 5.74) is 2.63. The topological polar surface area (TPSA) is 54.5 Å². The molecule has 0 spiro atoms. The maximum absolute atomic E-state index is 13.0. The van der Waals surface area contributed by atoms with Gasteiger partial charge in [0, 0.05) is 37.6 Å². The molecule has 23 heavy (non-hydrogen) atoms. The molecule has 1 saturated heterocycles. The third kappa shape index (κ3) is 3.05. The summed E-state index contributed by atoms with van der Waals surface area (Å²) in [6.07, 6.45) is 3.36. The van der Waals surface area contributed by atoms with Crippen LogP contribution in [0.3, 0.4) is 0 Å². The predicted octanol–water partition coefficient (Wildman–Crippen LogP) is 2.19. The van der Waals surface area contributed by atoms with Gasteiger partial charge in [0.15, 0.2) is 0 Å². The quantitative estimate of drug-likeness (QED) is 0.944. The number of hydrogen-bond acceptors (Lipinski definition) is 4. The van der Waals surface area contributed by atoms with Gasteiger partial charge in [0.05, 0.1) is 18.7 Å². The first-order valence-electron chi connectivity index (χ1n) is 7.77. The molecule has 0 bridgehead atoms. The number of para-hydroxylation sites is 1. The molecule has 0 aliphatic carbocycles. The van der Waals surface area contributed by atoms with Crippen molar-refractivity contribution >= 4 is 5.91 Å². The van der Waals surface area contributed by atoms with Crippen molar-refractivity contribution in [2.45, 2.75) is 13.0 Å². The fourth-order valence-electron chi connectivity index (χ4n) is 3.01. The lowest BCUT2D eigenvalue weighted by Crippen LogP contribution is -2.49. The van der Waals surface area contributed by atoms with Crippen LogP contribution in [0.2, 0.25) is 0 Å². The van der Waals surface area contributed by atoms with Crippen molar-refractivity contribution in [3.05, 3.63) is 59.4 Å². The molecule has 5 nitrogen and oxygen atoms in total. The molecular weight excluding hydrogens is 290 g/mol. The molecule has 1 N–H and O–H groups in total. The van der Waals surface area contributed by atoms with Gasteiger partial charge in [0.1, 0.15) is 5.75 Å². The highest BCUT2D eigenvalue weighted by Crippen LogP contribution is 2.31. The highest BCUT2D eigenvalue weighted by Gasteiger charge is 2.31. The minimum absolute atomic E-state index is 0.0213. The van der Waals surface area contributed by atoms with E-state index in [4.69, 9.17) is 4.74 Å². The minimum atomic E-state index is -0.0491. The van der Waals surface area contributed by atoms with E-state index in [1.54, 1.807) is 19.5 Å². The van der Waals surface area contributed by atoms with Gasteiger partial charge in [-0.3, -0.25) is 9.78 Å². The molecule has 1 aliphatic heterocycles. The molecule has 1 atom stereocenters. The molecule has 0 radical (unpaired) electrons. The highest BCUT2D eigenvalue weighted by molar-refractivity contribution is 5.95. The van der Waals surface area contributed by atoms with Crippen LogP contribution in [0.25, 0.3) is 0 Å². The number of piperazine rings is 1. The van der Waals surface area contributed by atoms with E-state index in [2.05, 4.69) is 10.3 Å². The zero-order valence-electron chi connectivity index (χ0n) is 13.5. The van der Waals surface area contributed by atoms with E-state index in [9.17, 15) is 4.79 Å². The number of carbonyl (C=O) groups excluding carboxylic acids is 1. The molecule has 3 rings (SSSR count). The standard InChI is InChI=1S/C18H21N3O2/c1-13-7-8-19-11-15(13)18(22)21-10-9-20-12-16(21)14-5-3-4-6-17(14)23-2/h3-8,11,16,20H,9-10,12H2,1-2H3. The smallest absolute Gasteiger partial charge is 0.256 e. The Morgan fingerprint density at radius 3 is 2.96 bits per heavy atom. The van der Waals surface area contributed by atoms with Gasteiger partial charge in [-0.1, -0.05) is 18.2 Å². The second kappa shape index (κ2) is 6.79. The molecule has 120 valence electrons. The fraction of sp³-hybridized carbons (Fsp3) is 0.333. The van der Waals surface area contributed by atoms with Crippen LogP contribution in [-0.2, 0) is 0 Å². The first-order chi connectivity index (χ1) is 11.2. The number of aromatic nitrogens is 1. The molecule has 2 heterocycles. The molecule has 1 fully saturated rings. The Bertz CT molecular complexity index is 702. The van der Waals surface area contributed by atoms with Gasteiger partial charge < -0.3 is 15.0 Å². The Labute approximate surface area is 136 Å². The summed E-state index contributed by atoms with van der Waals surface area (Å²) in [4.78, 5) is 19.0. The molecule has 2 aromatic rings. The molecule has 1 unspecified atom stereocenters. The molecule has 1 aromatic heterocycles. The van der Waals surface area contributed by atoms with Gasteiger partial charge in [-0.25, -0.2) is 0 Å². The third-order valence-electron chi connectivity index (χ3n) is 4.27. The van der Waals surface area contributed by atoms with Gasteiger partial charge >= 0.3 is 0 Å². The van der Waals surface area contributed by atoms with Crippen LogP contribution in [0.5, 0.6) is 5.75 Å². The average molecular weight is 311 g/mol. The number of methoxy groups -OCH3 is 1. The van der Waals surface area contributed by atoms with Crippen molar-refractivity contribution in [1.29, 1.82) is 0 Å². The Balaban J connectivity index is 1.96. The monoisotopic (exact) mass is 311 g/mol.